The smallest absolute Gasteiger partial charge is 0.264 e. The lowest BCUT2D eigenvalue weighted by molar-refractivity contribution is -0.139. The molecule has 3 aromatic rings. The third-order valence-corrected chi connectivity index (χ3v) is 9.05. The number of aryl methyl sites for hydroxylation is 1. The minimum absolute atomic E-state index is 0.0238. The standard InChI is InChI=1S/C28H29Cl4N3O4S/c1-4-13-33-28(37)19(3)34(16-20-7-8-21(29)14-25(20)32)27(36)17-35(26-15-22(30)9-12-24(26)31)40(38,39)23-10-5-18(2)6-11-23/h5-12,14-15,19H,4,13,16-17H2,1-3H3,(H,33,37)/t19-/m0/s1. The van der Waals surface area contributed by atoms with E-state index < -0.39 is 34.4 Å². The van der Waals surface area contributed by atoms with Gasteiger partial charge in [0.2, 0.25) is 11.8 Å². The van der Waals surface area contributed by atoms with Crippen LogP contribution in [0.5, 0.6) is 0 Å². The first-order valence-electron chi connectivity index (χ1n) is 12.4. The Morgan fingerprint density at radius 2 is 1.52 bits per heavy atom. The van der Waals surface area contributed by atoms with Crippen LogP contribution in [0.3, 0.4) is 0 Å². The van der Waals surface area contributed by atoms with Crippen molar-refractivity contribution in [2.24, 2.45) is 0 Å². The maximum Gasteiger partial charge on any atom is 0.264 e. The van der Waals surface area contributed by atoms with Gasteiger partial charge in [-0.1, -0.05) is 77.1 Å². The molecular weight excluding hydrogens is 616 g/mol. The Hall–Kier alpha value is -2.49. The van der Waals surface area contributed by atoms with Crippen LogP contribution in [0, 0.1) is 6.92 Å². The van der Waals surface area contributed by atoms with Crippen LogP contribution in [-0.2, 0) is 26.2 Å². The highest BCUT2D eigenvalue weighted by atomic mass is 35.5. The van der Waals surface area contributed by atoms with Crippen LogP contribution in [0.2, 0.25) is 20.1 Å². The number of hydrogen-bond donors (Lipinski definition) is 1. The van der Waals surface area contributed by atoms with E-state index in [0.29, 0.717) is 28.6 Å². The zero-order chi connectivity index (χ0) is 29.6. The number of nitrogens with one attached hydrogen (secondary N) is 1. The Kier molecular flexibility index (Phi) is 11.1. The Bertz CT molecular complexity index is 1480. The summed E-state index contributed by atoms with van der Waals surface area (Å²) in [6.07, 6.45) is 0.700. The fourth-order valence-electron chi connectivity index (χ4n) is 3.84. The highest BCUT2D eigenvalue weighted by Crippen LogP contribution is 2.33. The molecule has 40 heavy (non-hydrogen) atoms. The van der Waals surface area contributed by atoms with Crippen molar-refractivity contribution >= 4 is 73.9 Å². The number of rotatable bonds is 11. The lowest BCUT2D eigenvalue weighted by Gasteiger charge is -2.32. The van der Waals surface area contributed by atoms with Crippen LogP contribution >= 0.6 is 46.4 Å². The molecule has 0 saturated carbocycles. The van der Waals surface area contributed by atoms with Crippen LogP contribution in [0.1, 0.15) is 31.4 Å². The summed E-state index contributed by atoms with van der Waals surface area (Å²) in [6.45, 7) is 4.99. The molecule has 0 radical (unpaired) electrons. The fraction of sp³-hybridized carbons (Fsp3) is 0.286. The van der Waals surface area contributed by atoms with Crippen molar-refractivity contribution in [1.29, 1.82) is 0 Å². The first-order valence-corrected chi connectivity index (χ1v) is 15.4. The van der Waals surface area contributed by atoms with Gasteiger partial charge >= 0.3 is 0 Å². The number of amides is 2. The number of halogens is 4. The Morgan fingerprint density at radius 3 is 2.15 bits per heavy atom. The summed E-state index contributed by atoms with van der Waals surface area (Å²) in [5, 5.41) is 3.80. The van der Waals surface area contributed by atoms with Gasteiger partial charge in [-0.2, -0.15) is 0 Å². The Morgan fingerprint density at radius 1 is 0.900 bits per heavy atom. The van der Waals surface area contributed by atoms with Gasteiger partial charge in [0, 0.05) is 28.2 Å². The van der Waals surface area contributed by atoms with Gasteiger partial charge in [0.05, 0.1) is 15.6 Å². The number of sulfonamides is 1. The Balaban J connectivity index is 2.08. The average molecular weight is 645 g/mol. The average Bonchev–Trinajstić information content (AvgIpc) is 2.91. The summed E-state index contributed by atoms with van der Waals surface area (Å²) in [6, 6.07) is 14.4. The predicted molar refractivity (Wildman–Crippen MR) is 162 cm³/mol. The molecule has 0 fully saturated rings. The second-order valence-electron chi connectivity index (χ2n) is 9.14. The summed E-state index contributed by atoms with van der Waals surface area (Å²) in [5.74, 6) is -1.05. The van der Waals surface area contributed by atoms with Crippen LogP contribution in [-0.4, -0.2) is 44.3 Å². The van der Waals surface area contributed by atoms with E-state index in [0.717, 1.165) is 9.87 Å². The molecule has 0 aliphatic rings. The minimum atomic E-state index is -4.29. The molecule has 0 bridgehead atoms. The van der Waals surface area contributed by atoms with Crippen molar-refractivity contribution in [3.63, 3.8) is 0 Å². The fourth-order valence-corrected chi connectivity index (χ4v) is 6.17. The zero-order valence-electron chi connectivity index (χ0n) is 22.1. The number of benzene rings is 3. The van der Waals surface area contributed by atoms with Crippen LogP contribution in [0.4, 0.5) is 5.69 Å². The van der Waals surface area contributed by atoms with Crippen LogP contribution in [0.25, 0.3) is 0 Å². The molecule has 0 heterocycles. The van der Waals surface area contributed by atoms with Gasteiger partial charge in [-0.15, -0.1) is 0 Å². The van der Waals surface area contributed by atoms with E-state index in [4.69, 9.17) is 46.4 Å². The van der Waals surface area contributed by atoms with E-state index >= 15 is 0 Å². The molecule has 1 atom stereocenters. The molecule has 1 N–H and O–H groups in total. The molecule has 2 amide bonds. The molecule has 0 saturated heterocycles. The number of carbonyl (C=O) groups excluding carboxylic acids is 2. The van der Waals surface area contributed by atoms with E-state index in [1.54, 1.807) is 31.2 Å². The highest BCUT2D eigenvalue weighted by molar-refractivity contribution is 7.92. The highest BCUT2D eigenvalue weighted by Gasteiger charge is 2.33. The second kappa shape index (κ2) is 13.9. The summed E-state index contributed by atoms with van der Waals surface area (Å²) < 4.78 is 28.7. The quantitative estimate of drug-likeness (QED) is 0.250. The largest absolute Gasteiger partial charge is 0.354 e. The predicted octanol–water partition coefficient (Wildman–Crippen LogP) is 6.75. The minimum Gasteiger partial charge on any atom is -0.354 e. The summed E-state index contributed by atoms with van der Waals surface area (Å²) >= 11 is 25.1. The van der Waals surface area contributed by atoms with Crippen LogP contribution in [0.15, 0.2) is 65.6 Å². The number of nitrogens with zero attached hydrogens (tertiary/aromatic N) is 2. The number of carbonyl (C=O) groups is 2. The molecule has 0 spiro atoms. The van der Waals surface area contributed by atoms with Crippen molar-refractivity contribution in [1.82, 2.24) is 10.2 Å². The molecule has 0 unspecified atom stereocenters. The van der Waals surface area contributed by atoms with Gasteiger partial charge in [-0.3, -0.25) is 13.9 Å². The van der Waals surface area contributed by atoms with E-state index in [1.165, 1.54) is 41.3 Å². The molecule has 7 nitrogen and oxygen atoms in total. The molecule has 3 aromatic carbocycles. The Labute approximate surface area is 255 Å². The third-order valence-electron chi connectivity index (χ3n) is 6.14. The van der Waals surface area contributed by atoms with E-state index in [1.807, 2.05) is 13.8 Å². The van der Waals surface area contributed by atoms with Crippen molar-refractivity contribution in [3.05, 3.63) is 91.9 Å². The first-order chi connectivity index (χ1) is 18.8. The molecule has 0 aliphatic carbocycles. The molecule has 12 heteroatoms. The molecule has 3 rings (SSSR count). The van der Waals surface area contributed by atoms with E-state index in [-0.39, 0.29) is 27.2 Å². The van der Waals surface area contributed by atoms with Gasteiger partial charge in [0.25, 0.3) is 10.0 Å². The maximum absolute atomic E-state index is 14.0. The topological polar surface area (TPSA) is 86.8 Å². The summed E-state index contributed by atoms with van der Waals surface area (Å²) in [7, 11) is -4.29. The van der Waals surface area contributed by atoms with Gasteiger partial charge in [0.15, 0.2) is 0 Å². The first kappa shape index (κ1) is 32.0. The summed E-state index contributed by atoms with van der Waals surface area (Å²) in [5.41, 5.74) is 1.42. The molecule has 0 aliphatic heterocycles. The van der Waals surface area contributed by atoms with Gasteiger partial charge in [-0.05, 0) is 68.3 Å². The van der Waals surface area contributed by atoms with E-state index in [2.05, 4.69) is 5.32 Å². The van der Waals surface area contributed by atoms with Crippen molar-refractivity contribution in [2.45, 2.75) is 44.7 Å². The van der Waals surface area contributed by atoms with Gasteiger partial charge in [0.1, 0.15) is 12.6 Å². The molecule has 214 valence electrons. The monoisotopic (exact) mass is 643 g/mol. The lowest BCUT2D eigenvalue weighted by atomic mass is 10.1. The van der Waals surface area contributed by atoms with Gasteiger partial charge in [-0.25, -0.2) is 8.42 Å². The van der Waals surface area contributed by atoms with Crippen molar-refractivity contribution < 1.29 is 18.0 Å². The molecule has 0 aromatic heterocycles. The second-order valence-corrected chi connectivity index (χ2v) is 12.7. The molecular formula is C28H29Cl4N3O4S. The van der Waals surface area contributed by atoms with Gasteiger partial charge < -0.3 is 10.2 Å². The van der Waals surface area contributed by atoms with E-state index in [9.17, 15) is 18.0 Å². The number of anilines is 1. The van der Waals surface area contributed by atoms with Crippen molar-refractivity contribution in [2.75, 3.05) is 17.4 Å². The maximum atomic E-state index is 14.0. The normalized spacial score (nSPS) is 12.1. The third kappa shape index (κ3) is 7.83. The van der Waals surface area contributed by atoms with Crippen molar-refractivity contribution in [3.8, 4) is 0 Å². The SMILES string of the molecule is CCCNC(=O)[C@H](C)N(Cc1ccc(Cl)cc1Cl)C(=O)CN(c1cc(Cl)ccc1Cl)S(=O)(=O)c1ccc(C)cc1. The van der Waals surface area contributed by atoms with Crippen LogP contribution < -0.4 is 9.62 Å². The zero-order valence-corrected chi connectivity index (χ0v) is 26.0. The lowest BCUT2D eigenvalue weighted by Crippen LogP contribution is -2.51. The number of hydrogen-bond acceptors (Lipinski definition) is 4. The summed E-state index contributed by atoms with van der Waals surface area (Å²) in [4.78, 5) is 28.1.